The molecule has 0 aromatic heterocycles. The molecule has 7 heteroatoms. The van der Waals surface area contributed by atoms with Crippen molar-refractivity contribution in [3.05, 3.63) is 108 Å². The number of aliphatic hydroxyl groups is 1. The molecule has 0 spiro atoms. The molecular formula is C45H70O5Si2. The van der Waals surface area contributed by atoms with Crippen molar-refractivity contribution < 1.29 is 23.4 Å². The Kier molecular flexibility index (Phi) is 15.9. The maximum absolute atomic E-state index is 11.5. The summed E-state index contributed by atoms with van der Waals surface area (Å²) in [7, 11) is -3.23. The van der Waals surface area contributed by atoms with Crippen LogP contribution < -0.4 is 10.4 Å². The topological polar surface area (TPSA) is 57.2 Å². The lowest BCUT2D eigenvalue weighted by molar-refractivity contribution is -0.0322. The van der Waals surface area contributed by atoms with Crippen LogP contribution in [0.1, 0.15) is 94.1 Å². The Bertz CT molecular complexity index is 1450. The molecule has 4 atom stereocenters. The zero-order chi connectivity index (χ0) is 38.8. The Morgan fingerprint density at radius 1 is 0.750 bits per heavy atom. The molecule has 0 heterocycles. The van der Waals surface area contributed by atoms with Crippen LogP contribution in [0.4, 0.5) is 0 Å². The van der Waals surface area contributed by atoms with E-state index in [1.807, 2.05) is 25.1 Å². The van der Waals surface area contributed by atoms with E-state index in [2.05, 4.69) is 154 Å². The summed E-state index contributed by atoms with van der Waals surface area (Å²) in [6, 6.07) is 31.9. The third-order valence-corrected chi connectivity index (χ3v) is 20.6. The highest BCUT2D eigenvalue weighted by atomic mass is 28.4. The van der Waals surface area contributed by atoms with E-state index >= 15 is 0 Å². The van der Waals surface area contributed by atoms with Crippen molar-refractivity contribution >= 4 is 27.0 Å². The first-order valence-corrected chi connectivity index (χ1v) is 24.1. The lowest BCUT2D eigenvalue weighted by Gasteiger charge is -2.48. The van der Waals surface area contributed by atoms with Crippen molar-refractivity contribution in [2.24, 2.45) is 5.41 Å². The van der Waals surface area contributed by atoms with Gasteiger partial charge in [-0.25, -0.2) is 0 Å². The number of hydrogen-bond donors (Lipinski definition) is 1. The molecule has 0 bridgehead atoms. The summed E-state index contributed by atoms with van der Waals surface area (Å²) in [5, 5.41) is 14.0. The van der Waals surface area contributed by atoms with Crippen molar-refractivity contribution in [2.45, 2.75) is 143 Å². The van der Waals surface area contributed by atoms with Crippen LogP contribution in [0, 0.1) is 5.41 Å². The molecule has 0 saturated carbocycles. The van der Waals surface area contributed by atoms with Gasteiger partial charge >= 0.3 is 0 Å². The molecule has 0 saturated heterocycles. The standard InChI is InChI=1S/C45H70O5Si2/c1-14-37(48-33-36-24-18-15-19-25-36)30-35(2)41(46)31-38(47-11)32-42(50-51(12,13)43(3,4)5)45(9,10)34-49-52(44(6,7)8,39-26-20-16-21-27-39)40-28-22-17-23-29-40/h15-30,37-38,41-42,46H,14,31-34H2,1-13H3/b35-30+/t37-,38-,41+,42+/m1/s1. The van der Waals surface area contributed by atoms with Crippen molar-refractivity contribution in [1.29, 1.82) is 0 Å². The molecule has 1 N–H and O–H groups in total. The quantitative estimate of drug-likeness (QED) is 0.0978. The van der Waals surface area contributed by atoms with Crippen LogP contribution >= 0.6 is 0 Å². The molecule has 3 aromatic carbocycles. The van der Waals surface area contributed by atoms with Crippen molar-refractivity contribution in [3.8, 4) is 0 Å². The summed E-state index contributed by atoms with van der Waals surface area (Å²) in [6.07, 6.45) is 2.89. The summed E-state index contributed by atoms with van der Waals surface area (Å²) < 4.78 is 27.2. The first kappa shape index (κ1) is 44.0. The molecule has 3 rings (SSSR count). The highest BCUT2D eigenvalue weighted by Gasteiger charge is 2.52. The number of aliphatic hydroxyl groups excluding tert-OH is 1. The molecule has 3 aromatic rings. The number of rotatable bonds is 19. The first-order chi connectivity index (χ1) is 24.3. The van der Waals surface area contributed by atoms with Gasteiger partial charge in [0, 0.05) is 25.6 Å². The fourth-order valence-corrected chi connectivity index (χ4v) is 12.9. The molecule has 0 aliphatic heterocycles. The molecule has 0 aliphatic rings. The fraction of sp³-hybridized carbons (Fsp3) is 0.556. The van der Waals surface area contributed by atoms with E-state index in [-0.39, 0.29) is 33.8 Å². The molecule has 0 unspecified atom stereocenters. The summed E-state index contributed by atoms with van der Waals surface area (Å²) in [6.45, 7) is 28.2. The lowest BCUT2D eigenvalue weighted by atomic mass is 9.83. The minimum absolute atomic E-state index is 0.0243. The third kappa shape index (κ3) is 11.6. The molecule has 288 valence electrons. The lowest BCUT2D eigenvalue weighted by Crippen LogP contribution is -2.67. The van der Waals surface area contributed by atoms with Crippen LogP contribution in [0.15, 0.2) is 103 Å². The Hall–Kier alpha value is -2.37. The summed E-state index contributed by atoms with van der Waals surface area (Å²) in [5.74, 6) is 0. The van der Waals surface area contributed by atoms with Gasteiger partial charge in [-0.2, -0.15) is 0 Å². The summed E-state index contributed by atoms with van der Waals surface area (Å²) >= 11 is 0. The van der Waals surface area contributed by atoms with Crippen LogP contribution in [0.5, 0.6) is 0 Å². The van der Waals surface area contributed by atoms with Gasteiger partial charge in [-0.1, -0.05) is 159 Å². The maximum atomic E-state index is 11.5. The maximum Gasteiger partial charge on any atom is 0.261 e. The van der Waals surface area contributed by atoms with Crippen LogP contribution in [-0.4, -0.2) is 59.9 Å². The van der Waals surface area contributed by atoms with E-state index in [1.165, 1.54) is 10.4 Å². The Morgan fingerprint density at radius 2 is 1.25 bits per heavy atom. The second-order valence-electron chi connectivity index (χ2n) is 17.8. The number of ether oxygens (including phenoxy) is 2. The van der Waals surface area contributed by atoms with Gasteiger partial charge in [0.1, 0.15) is 0 Å². The van der Waals surface area contributed by atoms with Crippen LogP contribution in [0.3, 0.4) is 0 Å². The highest BCUT2D eigenvalue weighted by molar-refractivity contribution is 6.99. The third-order valence-electron chi connectivity index (χ3n) is 11.2. The van der Waals surface area contributed by atoms with Gasteiger partial charge in [0.15, 0.2) is 8.32 Å². The fourth-order valence-electron chi connectivity index (χ4n) is 6.64. The molecule has 0 fully saturated rings. The molecule has 0 amide bonds. The van der Waals surface area contributed by atoms with E-state index in [9.17, 15) is 5.11 Å². The van der Waals surface area contributed by atoms with E-state index in [1.54, 1.807) is 7.11 Å². The molecule has 5 nitrogen and oxygen atoms in total. The van der Waals surface area contributed by atoms with Gasteiger partial charge in [-0.15, -0.1) is 0 Å². The largest absolute Gasteiger partial charge is 0.413 e. The summed E-state index contributed by atoms with van der Waals surface area (Å²) in [4.78, 5) is 0. The second-order valence-corrected chi connectivity index (χ2v) is 26.9. The van der Waals surface area contributed by atoms with Crippen molar-refractivity contribution in [2.75, 3.05) is 13.7 Å². The van der Waals surface area contributed by atoms with Gasteiger partial charge in [-0.05, 0) is 64.4 Å². The van der Waals surface area contributed by atoms with Gasteiger partial charge in [0.05, 0.1) is 31.0 Å². The van der Waals surface area contributed by atoms with Gasteiger partial charge in [0.2, 0.25) is 0 Å². The average Bonchev–Trinajstić information content (AvgIpc) is 3.09. The van der Waals surface area contributed by atoms with E-state index in [0.29, 0.717) is 26.1 Å². The summed E-state index contributed by atoms with van der Waals surface area (Å²) in [5.41, 5.74) is 1.67. The zero-order valence-corrected chi connectivity index (χ0v) is 36.7. The monoisotopic (exact) mass is 746 g/mol. The SMILES string of the molecule is CC[C@H](/C=C(\C)[C@@H](O)C[C@H](C[C@H](O[Si](C)(C)C(C)(C)C)C(C)(C)CO[Si](c1ccccc1)(c1ccccc1)C(C)(C)C)OC)OCc1ccccc1. The van der Waals surface area contributed by atoms with E-state index < -0.39 is 22.7 Å². The average molecular weight is 747 g/mol. The molecule has 0 aliphatic carbocycles. The van der Waals surface area contributed by atoms with E-state index in [0.717, 1.165) is 17.6 Å². The second kappa shape index (κ2) is 18.8. The molecule has 52 heavy (non-hydrogen) atoms. The first-order valence-electron chi connectivity index (χ1n) is 19.2. The zero-order valence-electron chi connectivity index (χ0n) is 34.7. The predicted octanol–water partition coefficient (Wildman–Crippen LogP) is 10.1. The van der Waals surface area contributed by atoms with E-state index in [4.69, 9.17) is 18.3 Å². The predicted molar refractivity (Wildman–Crippen MR) is 225 cm³/mol. The molecule has 0 radical (unpaired) electrons. The van der Waals surface area contributed by atoms with Crippen LogP contribution in [0.2, 0.25) is 23.2 Å². The number of methoxy groups -OCH3 is 1. The Balaban J connectivity index is 1.92. The number of hydrogen-bond acceptors (Lipinski definition) is 5. The normalized spacial score (nSPS) is 16.0. The Labute approximate surface area is 319 Å². The van der Waals surface area contributed by atoms with Gasteiger partial charge < -0.3 is 23.4 Å². The van der Waals surface area contributed by atoms with Crippen LogP contribution in [-0.2, 0) is 24.9 Å². The minimum atomic E-state index is -2.77. The minimum Gasteiger partial charge on any atom is -0.413 e. The van der Waals surface area contributed by atoms with Crippen molar-refractivity contribution in [1.82, 2.24) is 0 Å². The van der Waals surface area contributed by atoms with Crippen LogP contribution in [0.25, 0.3) is 0 Å². The number of benzene rings is 3. The smallest absolute Gasteiger partial charge is 0.261 e. The van der Waals surface area contributed by atoms with Gasteiger partial charge in [-0.3, -0.25) is 0 Å². The van der Waals surface area contributed by atoms with Gasteiger partial charge in [0.25, 0.3) is 8.32 Å². The van der Waals surface area contributed by atoms with Crippen molar-refractivity contribution in [3.63, 3.8) is 0 Å². The molecular weight excluding hydrogens is 677 g/mol. The highest BCUT2D eigenvalue weighted by Crippen LogP contribution is 2.43. The Morgan fingerprint density at radius 3 is 1.69 bits per heavy atom.